The van der Waals surface area contributed by atoms with E-state index in [1.165, 1.54) is 64.2 Å². The van der Waals surface area contributed by atoms with E-state index in [0.29, 0.717) is 27.1 Å². The Labute approximate surface area is 194 Å². The van der Waals surface area contributed by atoms with Crippen molar-refractivity contribution in [3.63, 3.8) is 0 Å². The Morgan fingerprint density at radius 3 is 2.03 bits per heavy atom. The Kier molecular flexibility index (Phi) is 4.84. The highest BCUT2D eigenvalue weighted by molar-refractivity contribution is 5.35. The molecule has 0 radical (unpaired) electrons. The third-order valence-electron chi connectivity index (χ3n) is 13.1. The first-order chi connectivity index (χ1) is 14.3. The minimum Gasteiger partial charge on any atom is -0.0679 e. The molecule has 0 heterocycles. The monoisotopic (exact) mass is 424 g/mol. The molecule has 0 nitrogen and oxygen atoms in total. The van der Waals surface area contributed by atoms with E-state index >= 15 is 0 Å². The summed E-state index contributed by atoms with van der Waals surface area (Å²) in [7, 11) is 0. The number of allylic oxidation sites excluding steroid dienone is 2. The van der Waals surface area contributed by atoms with Crippen LogP contribution in [-0.4, -0.2) is 0 Å². The van der Waals surface area contributed by atoms with Gasteiger partial charge in [-0.1, -0.05) is 73.5 Å². The molecule has 31 heavy (non-hydrogen) atoms. The molecule has 4 saturated carbocycles. The van der Waals surface area contributed by atoms with Gasteiger partial charge in [0.25, 0.3) is 0 Å². The van der Waals surface area contributed by atoms with Gasteiger partial charge in [0.05, 0.1) is 0 Å². The summed E-state index contributed by atoms with van der Waals surface area (Å²) < 4.78 is 0. The molecule has 4 fully saturated rings. The molecule has 5 rings (SSSR count). The number of hydrogen-bond acceptors (Lipinski definition) is 0. The molecule has 0 amide bonds. The normalized spacial score (nSPS) is 53.6. The first-order valence-electron chi connectivity index (χ1n) is 14.0. The third kappa shape index (κ3) is 2.72. The SMILES string of the molecule is CC(C)C1=C2CC[C@]3(C)C(CCC4[C@@]5(C)C[C@H](C)CC(C)(C)C5CC[C@]43C)[C@@]2(C)CC1. The maximum Gasteiger partial charge on any atom is -0.00769 e. The molecule has 3 unspecified atom stereocenters. The van der Waals surface area contributed by atoms with Crippen molar-refractivity contribution in [1.82, 2.24) is 0 Å². The lowest BCUT2D eigenvalue weighted by Gasteiger charge is -2.73. The first kappa shape index (κ1) is 22.5. The summed E-state index contributed by atoms with van der Waals surface area (Å²) >= 11 is 0. The van der Waals surface area contributed by atoms with Crippen molar-refractivity contribution in [1.29, 1.82) is 0 Å². The second kappa shape index (κ2) is 6.66. The highest BCUT2D eigenvalue weighted by atomic mass is 14.7. The van der Waals surface area contributed by atoms with E-state index in [1.54, 1.807) is 0 Å². The van der Waals surface area contributed by atoms with Crippen molar-refractivity contribution in [3.8, 4) is 0 Å². The van der Waals surface area contributed by atoms with E-state index in [9.17, 15) is 0 Å². The average Bonchev–Trinajstić information content (AvgIpc) is 2.98. The van der Waals surface area contributed by atoms with Gasteiger partial charge in [-0.2, -0.15) is 0 Å². The largest absolute Gasteiger partial charge is 0.0679 e. The topological polar surface area (TPSA) is 0 Å². The van der Waals surface area contributed by atoms with Gasteiger partial charge in [-0.3, -0.25) is 0 Å². The lowest BCUT2D eigenvalue weighted by Crippen LogP contribution is -2.65. The molecular formula is C31H52. The summed E-state index contributed by atoms with van der Waals surface area (Å²) in [6, 6.07) is 0. The van der Waals surface area contributed by atoms with Crippen LogP contribution in [0.15, 0.2) is 11.1 Å². The fourth-order valence-electron chi connectivity index (χ4n) is 12.1. The predicted molar refractivity (Wildman–Crippen MR) is 134 cm³/mol. The lowest BCUT2D eigenvalue weighted by atomic mass is 9.32. The van der Waals surface area contributed by atoms with E-state index in [0.717, 1.165) is 29.6 Å². The van der Waals surface area contributed by atoms with Gasteiger partial charge in [0, 0.05) is 0 Å². The maximum atomic E-state index is 2.80. The highest BCUT2D eigenvalue weighted by Gasteiger charge is 2.69. The molecule has 0 saturated heterocycles. The van der Waals surface area contributed by atoms with Crippen LogP contribution < -0.4 is 0 Å². The van der Waals surface area contributed by atoms with Gasteiger partial charge in [-0.05, 0) is 121 Å². The van der Waals surface area contributed by atoms with Crippen molar-refractivity contribution in [3.05, 3.63) is 11.1 Å². The van der Waals surface area contributed by atoms with Gasteiger partial charge in [-0.25, -0.2) is 0 Å². The molecule has 0 bridgehead atoms. The van der Waals surface area contributed by atoms with Crippen LogP contribution >= 0.6 is 0 Å². The van der Waals surface area contributed by atoms with Gasteiger partial charge < -0.3 is 0 Å². The minimum absolute atomic E-state index is 0.497. The van der Waals surface area contributed by atoms with E-state index < -0.39 is 0 Å². The highest BCUT2D eigenvalue weighted by Crippen LogP contribution is 2.77. The predicted octanol–water partition coefficient (Wildman–Crippen LogP) is 9.44. The van der Waals surface area contributed by atoms with Crippen LogP contribution in [0.1, 0.15) is 127 Å². The van der Waals surface area contributed by atoms with E-state index in [2.05, 4.69) is 62.3 Å². The zero-order chi connectivity index (χ0) is 22.6. The number of fused-ring (bicyclic) bond motifs is 7. The van der Waals surface area contributed by atoms with Crippen molar-refractivity contribution in [2.75, 3.05) is 0 Å². The summed E-state index contributed by atoms with van der Waals surface area (Å²) in [6.07, 6.45) is 14.6. The number of hydrogen-bond donors (Lipinski definition) is 0. The van der Waals surface area contributed by atoms with Gasteiger partial charge >= 0.3 is 0 Å². The fraction of sp³-hybridized carbons (Fsp3) is 0.935. The maximum absolute atomic E-state index is 2.80. The summed E-state index contributed by atoms with van der Waals surface area (Å²) in [4.78, 5) is 0. The Bertz CT molecular complexity index is 784. The summed E-state index contributed by atoms with van der Waals surface area (Å²) in [5.41, 5.74) is 6.42. The van der Waals surface area contributed by atoms with Crippen LogP contribution in [0.2, 0.25) is 0 Å². The fourth-order valence-corrected chi connectivity index (χ4v) is 12.1. The first-order valence-corrected chi connectivity index (χ1v) is 14.0. The average molecular weight is 425 g/mol. The molecule has 176 valence electrons. The zero-order valence-corrected chi connectivity index (χ0v) is 22.5. The van der Waals surface area contributed by atoms with Crippen LogP contribution in [0.4, 0.5) is 0 Å². The second-order valence-electron chi connectivity index (χ2n) is 15.2. The molecule has 0 spiro atoms. The Hall–Kier alpha value is -0.260. The summed E-state index contributed by atoms with van der Waals surface area (Å²) in [5, 5.41) is 0. The van der Waals surface area contributed by atoms with E-state index in [1.807, 2.05) is 11.1 Å². The van der Waals surface area contributed by atoms with Crippen molar-refractivity contribution < 1.29 is 0 Å². The summed E-state index contributed by atoms with van der Waals surface area (Å²) in [6.45, 7) is 23.8. The van der Waals surface area contributed by atoms with Gasteiger partial charge in [0.1, 0.15) is 0 Å². The summed E-state index contributed by atoms with van der Waals surface area (Å²) in [5.74, 6) is 4.43. The second-order valence-corrected chi connectivity index (χ2v) is 15.2. The Morgan fingerprint density at radius 1 is 0.710 bits per heavy atom. The quantitative estimate of drug-likeness (QED) is 0.368. The van der Waals surface area contributed by atoms with Crippen LogP contribution in [0.3, 0.4) is 0 Å². The molecule has 0 N–H and O–H groups in total. The van der Waals surface area contributed by atoms with Crippen molar-refractivity contribution in [2.45, 2.75) is 127 Å². The molecule has 0 heteroatoms. The Balaban J connectivity index is 1.56. The van der Waals surface area contributed by atoms with Gasteiger partial charge in [0.2, 0.25) is 0 Å². The zero-order valence-electron chi connectivity index (χ0n) is 22.5. The molecular weight excluding hydrogens is 372 g/mol. The molecule has 0 aromatic rings. The van der Waals surface area contributed by atoms with Crippen molar-refractivity contribution in [2.24, 2.45) is 56.7 Å². The van der Waals surface area contributed by atoms with Crippen LogP contribution in [-0.2, 0) is 0 Å². The molecule has 8 atom stereocenters. The third-order valence-corrected chi connectivity index (χ3v) is 13.1. The van der Waals surface area contributed by atoms with Crippen LogP contribution in [0, 0.1) is 56.7 Å². The minimum atomic E-state index is 0.497. The van der Waals surface area contributed by atoms with Gasteiger partial charge in [0.15, 0.2) is 0 Å². The number of rotatable bonds is 1. The lowest BCUT2D eigenvalue weighted by molar-refractivity contribution is -0.231. The standard InChI is InChI=1S/C31H52/c1-20(2)22-12-15-28(6)23(22)13-16-30(8)25(28)10-11-26-29(7)19-21(3)18-27(4,5)24(29)14-17-31(26,30)9/h20-21,24-26H,10-19H2,1-9H3/t21-,24?,25?,26?,28+,29+,30-,31-/m1/s1. The Morgan fingerprint density at radius 2 is 1.35 bits per heavy atom. The molecule has 0 aliphatic heterocycles. The molecule has 5 aliphatic rings. The van der Waals surface area contributed by atoms with Crippen LogP contribution in [0.5, 0.6) is 0 Å². The molecule has 5 aliphatic carbocycles. The molecule has 0 aromatic carbocycles. The van der Waals surface area contributed by atoms with Crippen molar-refractivity contribution >= 4 is 0 Å². The molecule has 0 aromatic heterocycles. The van der Waals surface area contributed by atoms with Gasteiger partial charge in [-0.15, -0.1) is 0 Å². The van der Waals surface area contributed by atoms with E-state index in [-0.39, 0.29) is 0 Å². The van der Waals surface area contributed by atoms with E-state index in [4.69, 9.17) is 0 Å². The van der Waals surface area contributed by atoms with Crippen LogP contribution in [0.25, 0.3) is 0 Å². The smallest absolute Gasteiger partial charge is 0.00769 e.